The van der Waals surface area contributed by atoms with Gasteiger partial charge in [0.05, 0.1) is 6.61 Å². The summed E-state index contributed by atoms with van der Waals surface area (Å²) in [7, 11) is 0. The van der Waals surface area contributed by atoms with Crippen molar-refractivity contribution in [2.24, 2.45) is 5.73 Å². The van der Waals surface area contributed by atoms with Gasteiger partial charge in [0.1, 0.15) is 6.04 Å². The number of aryl methyl sites for hydroxylation is 1. The molecule has 0 amide bonds. The fourth-order valence-electron chi connectivity index (χ4n) is 1.52. The van der Waals surface area contributed by atoms with Crippen molar-refractivity contribution in [2.45, 2.75) is 26.3 Å². The molecule has 0 fully saturated rings. The van der Waals surface area contributed by atoms with Crippen LogP contribution in [0.2, 0.25) is 0 Å². The van der Waals surface area contributed by atoms with E-state index in [1.165, 1.54) is 0 Å². The Labute approximate surface area is 90.2 Å². The second kappa shape index (κ2) is 5.51. The summed E-state index contributed by atoms with van der Waals surface area (Å²) < 4.78 is 4.89. The van der Waals surface area contributed by atoms with Gasteiger partial charge in [0, 0.05) is 0 Å². The zero-order chi connectivity index (χ0) is 11.3. The highest BCUT2D eigenvalue weighted by Crippen LogP contribution is 2.17. The molecule has 15 heavy (non-hydrogen) atoms. The van der Waals surface area contributed by atoms with Crippen molar-refractivity contribution in [1.29, 1.82) is 0 Å². The second-order valence-corrected chi connectivity index (χ2v) is 3.28. The molecule has 0 aliphatic heterocycles. The van der Waals surface area contributed by atoms with Gasteiger partial charge in [0.15, 0.2) is 0 Å². The molecule has 0 bridgehead atoms. The van der Waals surface area contributed by atoms with Crippen molar-refractivity contribution in [3.8, 4) is 0 Å². The van der Waals surface area contributed by atoms with Gasteiger partial charge in [-0.25, -0.2) is 4.79 Å². The molecule has 1 atom stereocenters. The summed E-state index contributed by atoms with van der Waals surface area (Å²) in [6, 6.07) is 7.02. The summed E-state index contributed by atoms with van der Waals surface area (Å²) >= 11 is 0. The van der Waals surface area contributed by atoms with Crippen molar-refractivity contribution in [3.05, 3.63) is 35.4 Å². The Morgan fingerprint density at radius 3 is 2.67 bits per heavy atom. The lowest BCUT2D eigenvalue weighted by Crippen LogP contribution is -2.24. The van der Waals surface area contributed by atoms with E-state index in [2.05, 4.69) is 0 Å². The predicted octanol–water partition coefficient (Wildman–Crippen LogP) is 1.81. The molecule has 0 saturated carbocycles. The van der Waals surface area contributed by atoms with Crippen molar-refractivity contribution < 1.29 is 9.53 Å². The van der Waals surface area contributed by atoms with Crippen LogP contribution >= 0.6 is 0 Å². The molecule has 0 spiro atoms. The SMILES string of the molecule is CCOC(=O)C(N)c1ccccc1CC. The largest absolute Gasteiger partial charge is 0.465 e. The average molecular weight is 207 g/mol. The first-order chi connectivity index (χ1) is 7.20. The summed E-state index contributed by atoms with van der Waals surface area (Å²) in [4.78, 5) is 11.5. The van der Waals surface area contributed by atoms with Crippen LogP contribution < -0.4 is 5.73 Å². The van der Waals surface area contributed by atoms with Crippen LogP contribution in [0.4, 0.5) is 0 Å². The van der Waals surface area contributed by atoms with E-state index in [1.807, 2.05) is 31.2 Å². The van der Waals surface area contributed by atoms with Crippen LogP contribution in [-0.4, -0.2) is 12.6 Å². The van der Waals surface area contributed by atoms with E-state index in [1.54, 1.807) is 6.92 Å². The number of ether oxygens (including phenoxy) is 1. The normalized spacial score (nSPS) is 12.2. The number of hydrogen-bond donors (Lipinski definition) is 1. The molecule has 1 rings (SSSR count). The first-order valence-corrected chi connectivity index (χ1v) is 5.20. The van der Waals surface area contributed by atoms with Gasteiger partial charge in [-0.05, 0) is 24.5 Å². The van der Waals surface area contributed by atoms with Crippen LogP contribution in [0.5, 0.6) is 0 Å². The van der Waals surface area contributed by atoms with Crippen LogP contribution in [0.3, 0.4) is 0 Å². The molecule has 0 radical (unpaired) electrons. The van der Waals surface area contributed by atoms with Crippen LogP contribution in [-0.2, 0) is 16.0 Å². The third kappa shape index (κ3) is 2.80. The zero-order valence-electron chi connectivity index (χ0n) is 9.19. The van der Waals surface area contributed by atoms with Crippen molar-refractivity contribution in [3.63, 3.8) is 0 Å². The highest BCUT2D eigenvalue weighted by Gasteiger charge is 2.18. The molecular weight excluding hydrogens is 190 g/mol. The number of rotatable bonds is 4. The third-order valence-electron chi connectivity index (χ3n) is 2.31. The van der Waals surface area contributed by atoms with E-state index in [4.69, 9.17) is 10.5 Å². The Kier molecular flexibility index (Phi) is 4.31. The maximum absolute atomic E-state index is 11.5. The molecule has 82 valence electrons. The minimum absolute atomic E-state index is 0.362. The summed E-state index contributed by atoms with van der Waals surface area (Å²) in [6.45, 7) is 4.17. The third-order valence-corrected chi connectivity index (χ3v) is 2.31. The minimum atomic E-state index is -0.666. The molecule has 1 unspecified atom stereocenters. The predicted molar refractivity (Wildman–Crippen MR) is 59.4 cm³/mol. The molecule has 0 heterocycles. The van der Waals surface area contributed by atoms with Gasteiger partial charge in [-0.1, -0.05) is 31.2 Å². The van der Waals surface area contributed by atoms with Gasteiger partial charge in [-0.2, -0.15) is 0 Å². The molecule has 0 aliphatic carbocycles. The minimum Gasteiger partial charge on any atom is -0.465 e. The standard InChI is InChI=1S/C12H17NO2/c1-3-9-7-5-6-8-10(9)11(13)12(14)15-4-2/h5-8,11H,3-4,13H2,1-2H3. The highest BCUT2D eigenvalue weighted by molar-refractivity contribution is 5.77. The zero-order valence-corrected chi connectivity index (χ0v) is 9.19. The Morgan fingerprint density at radius 1 is 1.40 bits per heavy atom. The monoisotopic (exact) mass is 207 g/mol. The molecule has 0 aliphatic rings. The lowest BCUT2D eigenvalue weighted by molar-refractivity contribution is -0.144. The molecule has 1 aromatic carbocycles. The molecule has 3 heteroatoms. The average Bonchev–Trinajstić information content (AvgIpc) is 2.28. The number of carbonyl (C=O) groups excluding carboxylic acids is 1. The molecule has 0 aromatic heterocycles. The summed E-state index contributed by atoms with van der Waals surface area (Å²) in [5.74, 6) is -0.363. The Balaban J connectivity index is 2.89. The van der Waals surface area contributed by atoms with Gasteiger partial charge in [0.25, 0.3) is 0 Å². The van der Waals surface area contributed by atoms with Crippen molar-refractivity contribution in [1.82, 2.24) is 0 Å². The number of benzene rings is 1. The van der Waals surface area contributed by atoms with Crippen LogP contribution in [0, 0.1) is 0 Å². The maximum atomic E-state index is 11.5. The topological polar surface area (TPSA) is 52.3 Å². The van der Waals surface area contributed by atoms with Gasteiger partial charge in [0.2, 0.25) is 0 Å². The molecule has 3 nitrogen and oxygen atoms in total. The number of nitrogens with two attached hydrogens (primary N) is 1. The Bertz CT molecular complexity index is 336. The van der Waals surface area contributed by atoms with Gasteiger partial charge in [-0.3, -0.25) is 0 Å². The summed E-state index contributed by atoms with van der Waals surface area (Å²) in [6.07, 6.45) is 0.864. The highest BCUT2D eigenvalue weighted by atomic mass is 16.5. The molecular formula is C12H17NO2. The first-order valence-electron chi connectivity index (χ1n) is 5.20. The van der Waals surface area contributed by atoms with Gasteiger partial charge in [-0.15, -0.1) is 0 Å². The lowest BCUT2D eigenvalue weighted by atomic mass is 9.99. The van der Waals surface area contributed by atoms with E-state index in [-0.39, 0.29) is 5.97 Å². The number of hydrogen-bond acceptors (Lipinski definition) is 3. The van der Waals surface area contributed by atoms with Crippen molar-refractivity contribution >= 4 is 5.97 Å². The first kappa shape index (κ1) is 11.7. The van der Waals surface area contributed by atoms with E-state index < -0.39 is 6.04 Å². The maximum Gasteiger partial charge on any atom is 0.327 e. The lowest BCUT2D eigenvalue weighted by Gasteiger charge is -2.14. The summed E-state index contributed by atoms with van der Waals surface area (Å²) in [5, 5.41) is 0. The Morgan fingerprint density at radius 2 is 2.07 bits per heavy atom. The van der Waals surface area contributed by atoms with E-state index >= 15 is 0 Å². The summed E-state index contributed by atoms with van der Waals surface area (Å²) in [5.41, 5.74) is 7.78. The van der Waals surface area contributed by atoms with E-state index in [9.17, 15) is 4.79 Å². The Hall–Kier alpha value is -1.35. The smallest absolute Gasteiger partial charge is 0.327 e. The van der Waals surface area contributed by atoms with Gasteiger partial charge < -0.3 is 10.5 Å². The number of esters is 1. The number of carbonyl (C=O) groups is 1. The fraction of sp³-hybridized carbons (Fsp3) is 0.417. The fourth-order valence-corrected chi connectivity index (χ4v) is 1.52. The van der Waals surface area contributed by atoms with E-state index in [0.29, 0.717) is 6.61 Å². The second-order valence-electron chi connectivity index (χ2n) is 3.28. The van der Waals surface area contributed by atoms with Crippen LogP contribution in [0.25, 0.3) is 0 Å². The van der Waals surface area contributed by atoms with Crippen LogP contribution in [0.1, 0.15) is 31.0 Å². The van der Waals surface area contributed by atoms with Crippen LogP contribution in [0.15, 0.2) is 24.3 Å². The van der Waals surface area contributed by atoms with Crippen molar-refractivity contribution in [2.75, 3.05) is 6.61 Å². The molecule has 0 saturated heterocycles. The quantitative estimate of drug-likeness (QED) is 0.766. The molecule has 2 N–H and O–H groups in total. The van der Waals surface area contributed by atoms with E-state index in [0.717, 1.165) is 17.5 Å². The van der Waals surface area contributed by atoms with Gasteiger partial charge >= 0.3 is 5.97 Å². The molecule has 1 aromatic rings.